The molecular formula is C27H26F2N6O4. The third-order valence-corrected chi connectivity index (χ3v) is 7.16. The van der Waals surface area contributed by atoms with Crippen LogP contribution in [0, 0.1) is 28.9 Å². The van der Waals surface area contributed by atoms with Gasteiger partial charge in [0, 0.05) is 37.2 Å². The SMILES string of the molecule is CC(C)C[C@@H](C(=O)N1C[C@@]2(C[C@H]1C#N)Oc1ccncc1NC2=O)N(C)C(=O)c1cc2c(F)cc(F)cc2[nH]1. The van der Waals surface area contributed by atoms with Gasteiger partial charge in [-0.2, -0.15) is 5.26 Å². The van der Waals surface area contributed by atoms with Crippen molar-refractivity contribution in [3.63, 3.8) is 0 Å². The Labute approximate surface area is 222 Å². The van der Waals surface area contributed by atoms with Gasteiger partial charge >= 0.3 is 0 Å². The Morgan fingerprint density at radius 1 is 1.33 bits per heavy atom. The summed E-state index contributed by atoms with van der Waals surface area (Å²) in [4.78, 5) is 49.7. The molecule has 2 aliphatic heterocycles. The van der Waals surface area contributed by atoms with E-state index in [1.165, 1.54) is 35.3 Å². The predicted octanol–water partition coefficient (Wildman–Crippen LogP) is 3.22. The van der Waals surface area contributed by atoms with Crippen LogP contribution in [0.25, 0.3) is 10.9 Å². The number of benzene rings is 1. The molecule has 0 saturated carbocycles. The van der Waals surface area contributed by atoms with Gasteiger partial charge < -0.3 is 24.8 Å². The molecule has 202 valence electrons. The number of pyridine rings is 1. The van der Waals surface area contributed by atoms with Crippen molar-refractivity contribution in [3.05, 3.63) is 54.0 Å². The van der Waals surface area contributed by atoms with Crippen molar-refractivity contribution in [1.29, 1.82) is 5.26 Å². The predicted molar refractivity (Wildman–Crippen MR) is 136 cm³/mol. The molecule has 10 nitrogen and oxygen atoms in total. The first-order chi connectivity index (χ1) is 18.5. The number of nitrogens with zero attached hydrogens (tertiary/aromatic N) is 4. The Kier molecular flexibility index (Phi) is 6.46. The number of halogens is 2. The van der Waals surface area contributed by atoms with E-state index in [-0.39, 0.29) is 41.9 Å². The van der Waals surface area contributed by atoms with E-state index in [1.807, 2.05) is 13.8 Å². The summed E-state index contributed by atoms with van der Waals surface area (Å²) in [6.07, 6.45) is 3.16. The molecule has 3 atom stereocenters. The van der Waals surface area contributed by atoms with Crippen molar-refractivity contribution in [2.45, 2.75) is 44.4 Å². The molecule has 2 aliphatic rings. The maximum absolute atomic E-state index is 14.2. The van der Waals surface area contributed by atoms with Gasteiger partial charge in [0.2, 0.25) is 11.5 Å². The van der Waals surface area contributed by atoms with Crippen LogP contribution in [0.4, 0.5) is 14.5 Å². The molecule has 0 aliphatic carbocycles. The minimum absolute atomic E-state index is 0.0193. The monoisotopic (exact) mass is 536 g/mol. The molecule has 1 fully saturated rings. The molecule has 3 amide bonds. The Morgan fingerprint density at radius 2 is 2.10 bits per heavy atom. The molecule has 0 radical (unpaired) electrons. The van der Waals surface area contributed by atoms with Crippen LogP contribution < -0.4 is 10.1 Å². The fraction of sp³-hybridized carbons (Fsp3) is 0.370. The van der Waals surface area contributed by atoms with E-state index in [1.54, 1.807) is 6.07 Å². The Hall–Kier alpha value is -4.53. The van der Waals surface area contributed by atoms with Gasteiger partial charge in [-0.1, -0.05) is 13.8 Å². The Balaban J connectivity index is 1.44. The maximum atomic E-state index is 14.2. The Morgan fingerprint density at radius 3 is 2.82 bits per heavy atom. The molecule has 1 aromatic carbocycles. The number of aromatic amines is 1. The highest BCUT2D eigenvalue weighted by Gasteiger charge is 2.56. The van der Waals surface area contributed by atoms with E-state index in [4.69, 9.17) is 4.74 Å². The van der Waals surface area contributed by atoms with E-state index in [2.05, 4.69) is 21.4 Å². The van der Waals surface area contributed by atoms with Gasteiger partial charge in [-0.15, -0.1) is 0 Å². The first-order valence-electron chi connectivity index (χ1n) is 12.4. The zero-order chi connectivity index (χ0) is 28.1. The number of hydrogen-bond acceptors (Lipinski definition) is 6. The summed E-state index contributed by atoms with van der Waals surface area (Å²) in [6, 6.07) is 4.78. The lowest BCUT2D eigenvalue weighted by molar-refractivity contribution is -0.138. The van der Waals surface area contributed by atoms with Crippen molar-refractivity contribution in [3.8, 4) is 11.8 Å². The van der Waals surface area contributed by atoms with Gasteiger partial charge in [-0.3, -0.25) is 19.4 Å². The molecule has 3 aromatic rings. The number of likely N-dealkylation sites (tertiary alicyclic amines) is 1. The smallest absolute Gasteiger partial charge is 0.270 e. The van der Waals surface area contributed by atoms with E-state index < -0.39 is 47.0 Å². The number of nitriles is 1. The third kappa shape index (κ3) is 4.54. The number of ether oxygens (including phenoxy) is 1. The van der Waals surface area contributed by atoms with Crippen LogP contribution in [0.5, 0.6) is 5.75 Å². The van der Waals surface area contributed by atoms with Crippen molar-refractivity contribution < 1.29 is 27.9 Å². The van der Waals surface area contributed by atoms with Crippen LogP contribution in [-0.2, 0) is 9.59 Å². The molecule has 0 unspecified atom stereocenters. The fourth-order valence-electron chi connectivity index (χ4n) is 5.18. The highest BCUT2D eigenvalue weighted by molar-refractivity contribution is 6.03. The summed E-state index contributed by atoms with van der Waals surface area (Å²) in [5.41, 5.74) is -0.996. The lowest BCUT2D eigenvalue weighted by Crippen LogP contribution is -2.55. The zero-order valence-electron chi connectivity index (χ0n) is 21.5. The van der Waals surface area contributed by atoms with Crippen LogP contribution in [-0.4, -0.2) is 68.8 Å². The van der Waals surface area contributed by atoms with Crippen molar-refractivity contribution in [2.24, 2.45) is 5.92 Å². The number of H-pyrrole nitrogens is 1. The lowest BCUT2D eigenvalue weighted by atomic mass is 9.97. The van der Waals surface area contributed by atoms with E-state index in [0.29, 0.717) is 11.4 Å². The molecule has 2 aromatic heterocycles. The molecular weight excluding hydrogens is 510 g/mol. The molecule has 12 heteroatoms. The standard InChI is InChI=1S/C27H26F2N6O4/c1-14(2)6-22(34(3)24(36)20-9-17-18(29)7-15(28)8-19(17)32-20)25(37)35-13-27(10-16(35)11-30)26(38)33-21-12-31-5-4-23(21)39-27/h4-5,7-9,12,14,16,22,32H,6,10,13H2,1-3H3,(H,33,38)/t16-,22-,27+/m0/s1. The van der Waals surface area contributed by atoms with Gasteiger partial charge in [0.15, 0.2) is 0 Å². The minimum Gasteiger partial charge on any atom is -0.473 e. The van der Waals surface area contributed by atoms with Gasteiger partial charge in [0.05, 0.1) is 24.3 Å². The number of aromatic nitrogens is 2. The van der Waals surface area contributed by atoms with Crippen molar-refractivity contribution in [1.82, 2.24) is 19.8 Å². The molecule has 39 heavy (non-hydrogen) atoms. The second-order valence-electron chi connectivity index (χ2n) is 10.3. The molecule has 1 spiro atoms. The normalized spacial score (nSPS) is 20.9. The number of amides is 3. The number of likely N-dealkylation sites (N-methyl/N-ethyl adjacent to an activating group) is 1. The summed E-state index contributed by atoms with van der Waals surface area (Å²) < 4.78 is 34.0. The zero-order valence-corrected chi connectivity index (χ0v) is 21.5. The summed E-state index contributed by atoms with van der Waals surface area (Å²) in [7, 11) is 1.44. The molecule has 1 saturated heterocycles. The lowest BCUT2D eigenvalue weighted by Gasteiger charge is -2.35. The van der Waals surface area contributed by atoms with Crippen LogP contribution in [0.2, 0.25) is 0 Å². The molecule has 2 N–H and O–H groups in total. The number of hydrogen-bond donors (Lipinski definition) is 2. The largest absolute Gasteiger partial charge is 0.473 e. The van der Waals surface area contributed by atoms with Crippen molar-refractivity contribution in [2.75, 3.05) is 18.9 Å². The van der Waals surface area contributed by atoms with E-state index in [9.17, 15) is 28.4 Å². The van der Waals surface area contributed by atoms with Crippen LogP contribution in [0.1, 0.15) is 37.2 Å². The second kappa shape index (κ2) is 9.65. The van der Waals surface area contributed by atoms with Crippen LogP contribution in [0.15, 0.2) is 36.7 Å². The van der Waals surface area contributed by atoms with Gasteiger partial charge in [0.25, 0.3) is 11.8 Å². The fourth-order valence-corrected chi connectivity index (χ4v) is 5.18. The number of carbonyl (C=O) groups excluding carboxylic acids is 3. The van der Waals surface area contributed by atoms with Crippen molar-refractivity contribution >= 4 is 34.3 Å². The highest BCUT2D eigenvalue weighted by atomic mass is 19.1. The summed E-state index contributed by atoms with van der Waals surface area (Å²) in [5, 5.41) is 12.7. The number of fused-ring (bicyclic) bond motifs is 2. The summed E-state index contributed by atoms with van der Waals surface area (Å²) in [6.45, 7) is 3.58. The first kappa shape index (κ1) is 26.1. The third-order valence-electron chi connectivity index (χ3n) is 7.16. The first-order valence-corrected chi connectivity index (χ1v) is 12.4. The molecule has 4 heterocycles. The number of anilines is 1. The topological polar surface area (TPSA) is 131 Å². The average molecular weight is 537 g/mol. The number of nitrogens with one attached hydrogen (secondary N) is 2. The number of rotatable bonds is 5. The van der Waals surface area contributed by atoms with Crippen LogP contribution >= 0.6 is 0 Å². The van der Waals surface area contributed by atoms with E-state index in [0.717, 1.165) is 12.1 Å². The highest BCUT2D eigenvalue weighted by Crippen LogP contribution is 2.40. The summed E-state index contributed by atoms with van der Waals surface area (Å²) in [5.74, 6) is -2.87. The average Bonchev–Trinajstić information content (AvgIpc) is 3.49. The van der Waals surface area contributed by atoms with Gasteiger partial charge in [0.1, 0.15) is 40.8 Å². The number of carbonyl (C=O) groups is 3. The molecule has 5 rings (SSSR count). The quantitative estimate of drug-likeness (QED) is 0.515. The maximum Gasteiger partial charge on any atom is 0.270 e. The van der Waals surface area contributed by atoms with Gasteiger partial charge in [-0.05, 0) is 24.5 Å². The van der Waals surface area contributed by atoms with Crippen LogP contribution in [0.3, 0.4) is 0 Å². The summed E-state index contributed by atoms with van der Waals surface area (Å²) >= 11 is 0. The second-order valence-corrected chi connectivity index (χ2v) is 10.3. The minimum atomic E-state index is -1.48. The van der Waals surface area contributed by atoms with E-state index >= 15 is 0 Å². The Bertz CT molecular complexity index is 1530. The molecule has 0 bridgehead atoms. The van der Waals surface area contributed by atoms with Gasteiger partial charge in [-0.25, -0.2) is 8.78 Å².